The van der Waals surface area contributed by atoms with Crippen LogP contribution in [0.2, 0.25) is 0 Å². The van der Waals surface area contributed by atoms with Crippen LogP contribution in [-0.4, -0.2) is 38.1 Å². The van der Waals surface area contributed by atoms with Gasteiger partial charge >= 0.3 is 0 Å². The van der Waals surface area contributed by atoms with Gasteiger partial charge in [0.25, 0.3) is 0 Å². The zero-order valence-electron chi connectivity index (χ0n) is 12.1. The lowest BCUT2D eigenvalue weighted by molar-refractivity contribution is -0.122. The molecular weight excluding hydrogens is 240 g/mol. The molecule has 106 valence electrons. The maximum absolute atomic E-state index is 11.7. The van der Waals surface area contributed by atoms with Gasteiger partial charge in [-0.25, -0.2) is 0 Å². The molecule has 1 aromatic carbocycles. The molecule has 0 aliphatic carbocycles. The van der Waals surface area contributed by atoms with Crippen LogP contribution in [-0.2, 0) is 11.3 Å². The van der Waals surface area contributed by atoms with Gasteiger partial charge in [0.2, 0.25) is 5.91 Å². The zero-order valence-corrected chi connectivity index (χ0v) is 12.1. The van der Waals surface area contributed by atoms with Gasteiger partial charge in [-0.05, 0) is 37.7 Å². The number of hydrogen-bond acceptors (Lipinski definition) is 3. The standard InChI is InChI=1S/C15H24N2O2/c1-4-5-10-17(2)12-15(18)16-11-13-6-8-14(19-3)9-7-13/h6-9H,4-5,10-12H2,1-3H3,(H,16,18). The number of carbonyl (C=O) groups excluding carboxylic acids is 1. The van der Waals surface area contributed by atoms with Crippen LogP contribution in [0, 0.1) is 0 Å². The molecule has 0 heterocycles. The van der Waals surface area contributed by atoms with Gasteiger partial charge in [-0.3, -0.25) is 9.69 Å². The Kier molecular flexibility index (Phi) is 6.97. The van der Waals surface area contributed by atoms with Crippen LogP contribution < -0.4 is 10.1 Å². The number of unbranched alkanes of at least 4 members (excludes halogenated alkanes) is 1. The number of likely N-dealkylation sites (N-methyl/N-ethyl adjacent to an activating group) is 1. The first-order valence-corrected chi connectivity index (χ1v) is 6.74. The molecule has 1 amide bonds. The Labute approximate surface area is 115 Å². The largest absolute Gasteiger partial charge is 0.497 e. The van der Waals surface area contributed by atoms with Crippen molar-refractivity contribution in [2.24, 2.45) is 0 Å². The normalized spacial score (nSPS) is 10.5. The van der Waals surface area contributed by atoms with Crippen molar-refractivity contribution in [3.8, 4) is 5.75 Å². The second kappa shape index (κ2) is 8.53. The fraction of sp³-hybridized carbons (Fsp3) is 0.533. The Morgan fingerprint density at radius 3 is 2.58 bits per heavy atom. The van der Waals surface area contributed by atoms with Gasteiger partial charge in [-0.2, -0.15) is 0 Å². The average Bonchev–Trinajstić information content (AvgIpc) is 2.43. The number of benzene rings is 1. The molecule has 0 saturated heterocycles. The van der Waals surface area contributed by atoms with Crippen LogP contribution in [0.5, 0.6) is 5.75 Å². The van der Waals surface area contributed by atoms with E-state index in [9.17, 15) is 4.79 Å². The van der Waals surface area contributed by atoms with E-state index in [-0.39, 0.29) is 5.91 Å². The van der Waals surface area contributed by atoms with Gasteiger partial charge in [0, 0.05) is 6.54 Å². The van der Waals surface area contributed by atoms with Gasteiger partial charge in [-0.1, -0.05) is 25.5 Å². The summed E-state index contributed by atoms with van der Waals surface area (Å²) >= 11 is 0. The summed E-state index contributed by atoms with van der Waals surface area (Å²) in [6, 6.07) is 7.71. The van der Waals surface area contributed by atoms with Gasteiger partial charge in [0.15, 0.2) is 0 Å². The summed E-state index contributed by atoms with van der Waals surface area (Å²) in [5.41, 5.74) is 1.07. The summed E-state index contributed by atoms with van der Waals surface area (Å²) in [6.45, 7) is 4.13. The molecule has 1 N–H and O–H groups in total. The maximum Gasteiger partial charge on any atom is 0.234 e. The summed E-state index contributed by atoms with van der Waals surface area (Å²) in [5, 5.41) is 2.92. The first-order valence-electron chi connectivity index (χ1n) is 6.74. The third-order valence-corrected chi connectivity index (χ3v) is 2.96. The predicted octanol–water partition coefficient (Wildman–Crippen LogP) is 2.04. The van der Waals surface area contributed by atoms with E-state index in [1.807, 2.05) is 36.2 Å². The van der Waals surface area contributed by atoms with Gasteiger partial charge < -0.3 is 10.1 Å². The topological polar surface area (TPSA) is 41.6 Å². The minimum absolute atomic E-state index is 0.0643. The number of nitrogens with one attached hydrogen (secondary N) is 1. The summed E-state index contributed by atoms with van der Waals surface area (Å²) in [5.74, 6) is 0.892. The van der Waals surface area contributed by atoms with Crippen molar-refractivity contribution in [2.45, 2.75) is 26.3 Å². The van der Waals surface area contributed by atoms with E-state index in [4.69, 9.17) is 4.74 Å². The van der Waals surface area contributed by atoms with E-state index in [1.54, 1.807) is 7.11 Å². The molecule has 0 radical (unpaired) electrons. The maximum atomic E-state index is 11.7. The van der Waals surface area contributed by atoms with Crippen LogP contribution >= 0.6 is 0 Å². The van der Waals surface area contributed by atoms with Crippen molar-refractivity contribution in [1.82, 2.24) is 10.2 Å². The molecule has 0 aliphatic heterocycles. The first kappa shape index (κ1) is 15.5. The molecule has 0 saturated carbocycles. The van der Waals surface area contributed by atoms with Gasteiger partial charge in [0.1, 0.15) is 5.75 Å². The lowest BCUT2D eigenvalue weighted by Crippen LogP contribution is -2.35. The van der Waals surface area contributed by atoms with Gasteiger partial charge in [-0.15, -0.1) is 0 Å². The molecule has 4 heteroatoms. The Morgan fingerprint density at radius 2 is 2.00 bits per heavy atom. The first-order chi connectivity index (χ1) is 9.15. The Balaban J connectivity index is 2.28. The van der Waals surface area contributed by atoms with E-state index in [0.29, 0.717) is 13.1 Å². The molecule has 0 spiro atoms. The van der Waals surface area contributed by atoms with E-state index in [1.165, 1.54) is 0 Å². The summed E-state index contributed by atoms with van der Waals surface area (Å²) in [4.78, 5) is 13.8. The Morgan fingerprint density at radius 1 is 1.32 bits per heavy atom. The number of nitrogens with zero attached hydrogens (tertiary/aromatic N) is 1. The van der Waals surface area contributed by atoms with Crippen LogP contribution in [0.4, 0.5) is 0 Å². The number of methoxy groups -OCH3 is 1. The molecule has 1 rings (SSSR count). The summed E-state index contributed by atoms with van der Waals surface area (Å²) in [6.07, 6.45) is 2.28. The van der Waals surface area contributed by atoms with Crippen LogP contribution in [0.1, 0.15) is 25.3 Å². The third kappa shape index (κ3) is 6.25. The number of ether oxygens (including phenoxy) is 1. The van der Waals surface area contributed by atoms with Crippen LogP contribution in [0.15, 0.2) is 24.3 Å². The summed E-state index contributed by atoms with van der Waals surface area (Å²) < 4.78 is 5.09. The Bertz CT molecular complexity index is 376. The van der Waals surface area contributed by atoms with Crippen molar-refractivity contribution in [1.29, 1.82) is 0 Å². The quantitative estimate of drug-likeness (QED) is 0.781. The molecule has 0 atom stereocenters. The predicted molar refractivity (Wildman–Crippen MR) is 77.2 cm³/mol. The highest BCUT2D eigenvalue weighted by Crippen LogP contribution is 2.10. The molecule has 0 bridgehead atoms. The monoisotopic (exact) mass is 264 g/mol. The van der Waals surface area contributed by atoms with Gasteiger partial charge in [0.05, 0.1) is 13.7 Å². The minimum Gasteiger partial charge on any atom is -0.497 e. The van der Waals surface area contributed by atoms with Crippen molar-refractivity contribution in [3.63, 3.8) is 0 Å². The molecule has 19 heavy (non-hydrogen) atoms. The highest BCUT2D eigenvalue weighted by atomic mass is 16.5. The van der Waals surface area contributed by atoms with Crippen molar-refractivity contribution in [3.05, 3.63) is 29.8 Å². The lowest BCUT2D eigenvalue weighted by atomic mass is 10.2. The summed E-state index contributed by atoms with van der Waals surface area (Å²) in [7, 11) is 3.62. The number of rotatable bonds is 8. The number of hydrogen-bond donors (Lipinski definition) is 1. The third-order valence-electron chi connectivity index (χ3n) is 2.96. The molecule has 0 aliphatic rings. The second-order valence-electron chi connectivity index (χ2n) is 4.72. The average molecular weight is 264 g/mol. The van der Waals surface area contributed by atoms with Crippen molar-refractivity contribution < 1.29 is 9.53 Å². The Hall–Kier alpha value is -1.55. The van der Waals surface area contributed by atoms with E-state index >= 15 is 0 Å². The van der Waals surface area contributed by atoms with Crippen LogP contribution in [0.25, 0.3) is 0 Å². The van der Waals surface area contributed by atoms with Crippen LogP contribution in [0.3, 0.4) is 0 Å². The highest BCUT2D eigenvalue weighted by molar-refractivity contribution is 5.77. The van der Waals surface area contributed by atoms with Crippen molar-refractivity contribution >= 4 is 5.91 Å². The molecular formula is C15H24N2O2. The molecule has 4 nitrogen and oxygen atoms in total. The number of amides is 1. The second-order valence-corrected chi connectivity index (χ2v) is 4.72. The molecule has 1 aromatic rings. The SMILES string of the molecule is CCCCN(C)CC(=O)NCc1ccc(OC)cc1. The zero-order chi connectivity index (χ0) is 14.1. The lowest BCUT2D eigenvalue weighted by Gasteiger charge is -2.15. The number of carbonyl (C=O) groups is 1. The molecule has 0 fully saturated rings. The smallest absolute Gasteiger partial charge is 0.234 e. The molecule has 0 aromatic heterocycles. The highest BCUT2D eigenvalue weighted by Gasteiger charge is 2.05. The van der Waals surface area contributed by atoms with Crippen molar-refractivity contribution in [2.75, 3.05) is 27.2 Å². The molecule has 0 unspecified atom stereocenters. The fourth-order valence-corrected chi connectivity index (χ4v) is 1.75. The fourth-order valence-electron chi connectivity index (χ4n) is 1.75. The van der Waals surface area contributed by atoms with E-state index in [2.05, 4.69) is 12.2 Å². The van der Waals surface area contributed by atoms with E-state index in [0.717, 1.165) is 30.7 Å². The van der Waals surface area contributed by atoms with E-state index < -0.39 is 0 Å². The minimum atomic E-state index is 0.0643.